The van der Waals surface area contributed by atoms with E-state index in [1.54, 1.807) is 31.6 Å². The van der Waals surface area contributed by atoms with Crippen LogP contribution >= 0.6 is 0 Å². The van der Waals surface area contributed by atoms with E-state index in [2.05, 4.69) is 4.98 Å². The number of anilines is 1. The van der Waals surface area contributed by atoms with Crippen molar-refractivity contribution in [1.29, 1.82) is 0 Å². The normalized spacial score (nSPS) is 10.1. The number of nitrogens with zero attached hydrogens (tertiary/aromatic N) is 2. The molecule has 4 nitrogen and oxygen atoms in total. The van der Waals surface area contributed by atoms with Gasteiger partial charge in [0.1, 0.15) is 5.75 Å². The summed E-state index contributed by atoms with van der Waals surface area (Å²) in [5.41, 5.74) is 2.15. The lowest BCUT2D eigenvalue weighted by Crippen LogP contribution is -2.10. The highest BCUT2D eigenvalue weighted by Crippen LogP contribution is 2.18. The molecule has 0 aliphatic carbocycles. The molecule has 2 aromatic rings. The molecule has 2 rings (SSSR count). The topological polar surface area (TPSA) is 42.4 Å². The van der Waals surface area contributed by atoms with Gasteiger partial charge in [0.25, 0.3) is 0 Å². The molecule has 0 fully saturated rings. The molecule has 0 aliphatic heterocycles. The second kappa shape index (κ2) is 5.52. The molecule has 0 saturated heterocycles. The molecule has 1 heterocycles. The highest BCUT2D eigenvalue weighted by Gasteiger charge is 2.11. The Morgan fingerprint density at radius 1 is 1.16 bits per heavy atom. The largest absolute Gasteiger partial charge is 0.495 e. The van der Waals surface area contributed by atoms with Crippen LogP contribution in [0.1, 0.15) is 15.9 Å². The maximum Gasteiger partial charge on any atom is 0.194 e. The molecule has 0 radical (unpaired) electrons. The van der Waals surface area contributed by atoms with Crippen LogP contribution in [0, 0.1) is 0 Å². The zero-order valence-corrected chi connectivity index (χ0v) is 11.3. The number of carbonyl (C=O) groups is 1. The second-order valence-corrected chi connectivity index (χ2v) is 4.39. The van der Waals surface area contributed by atoms with E-state index in [-0.39, 0.29) is 5.78 Å². The number of hydrogen-bond donors (Lipinski definition) is 0. The third kappa shape index (κ3) is 2.91. The minimum atomic E-state index is -0.0601. The average molecular weight is 256 g/mol. The van der Waals surface area contributed by atoms with Gasteiger partial charge >= 0.3 is 0 Å². The molecule has 0 amide bonds. The molecule has 0 aliphatic rings. The first-order valence-electron chi connectivity index (χ1n) is 5.93. The van der Waals surface area contributed by atoms with Crippen molar-refractivity contribution < 1.29 is 9.53 Å². The van der Waals surface area contributed by atoms with Crippen LogP contribution in [0.3, 0.4) is 0 Å². The molecule has 0 bridgehead atoms. The monoisotopic (exact) mass is 256 g/mol. The number of benzene rings is 1. The molecule has 0 saturated carbocycles. The molecule has 0 unspecified atom stereocenters. The number of methoxy groups -OCH3 is 1. The van der Waals surface area contributed by atoms with Crippen LogP contribution in [-0.4, -0.2) is 32.0 Å². The fraction of sp³-hybridized carbons (Fsp3) is 0.200. The lowest BCUT2D eigenvalue weighted by Gasteiger charge is -2.13. The summed E-state index contributed by atoms with van der Waals surface area (Å²) in [5.74, 6) is 0.518. The van der Waals surface area contributed by atoms with Crippen molar-refractivity contribution in [1.82, 2.24) is 4.98 Å². The summed E-state index contributed by atoms with van der Waals surface area (Å²) < 4.78 is 5.08. The first-order chi connectivity index (χ1) is 9.11. The van der Waals surface area contributed by atoms with Gasteiger partial charge in [-0.25, -0.2) is 0 Å². The number of rotatable bonds is 4. The molecule has 4 heteroatoms. The van der Waals surface area contributed by atoms with E-state index in [4.69, 9.17) is 4.74 Å². The van der Waals surface area contributed by atoms with Gasteiger partial charge in [0.15, 0.2) is 5.78 Å². The van der Waals surface area contributed by atoms with Crippen molar-refractivity contribution in [2.45, 2.75) is 0 Å². The van der Waals surface area contributed by atoms with E-state index < -0.39 is 0 Å². The summed E-state index contributed by atoms with van der Waals surface area (Å²) >= 11 is 0. The Hall–Kier alpha value is -2.36. The lowest BCUT2D eigenvalue weighted by molar-refractivity contribution is 0.103. The molecular weight excluding hydrogens is 240 g/mol. The molecule has 0 spiro atoms. The van der Waals surface area contributed by atoms with Gasteiger partial charge in [-0.1, -0.05) is 12.1 Å². The predicted octanol–water partition coefficient (Wildman–Crippen LogP) is 2.39. The number of hydrogen-bond acceptors (Lipinski definition) is 4. The fourth-order valence-electron chi connectivity index (χ4n) is 1.75. The Bertz CT molecular complexity index is 594. The third-order valence-corrected chi connectivity index (χ3v) is 2.84. The first kappa shape index (κ1) is 13.1. The molecule has 19 heavy (non-hydrogen) atoms. The van der Waals surface area contributed by atoms with E-state index in [1.807, 2.05) is 37.2 Å². The van der Waals surface area contributed by atoms with Crippen LogP contribution < -0.4 is 9.64 Å². The van der Waals surface area contributed by atoms with Crippen LogP contribution in [0.4, 0.5) is 5.69 Å². The number of carbonyl (C=O) groups excluding carboxylic acids is 1. The van der Waals surface area contributed by atoms with Crippen LogP contribution in [0.2, 0.25) is 0 Å². The summed E-state index contributed by atoms with van der Waals surface area (Å²) in [6.07, 6.45) is 3.13. The Kier molecular flexibility index (Phi) is 3.80. The van der Waals surface area contributed by atoms with Gasteiger partial charge < -0.3 is 9.64 Å². The standard InChI is InChI=1S/C15H16N2O2/c1-17(2)13-6-4-5-11(7-13)15(18)12-8-14(19-3)10-16-9-12/h4-10H,1-3H3. The lowest BCUT2D eigenvalue weighted by atomic mass is 10.0. The van der Waals surface area contributed by atoms with Gasteiger partial charge in [0.05, 0.1) is 13.3 Å². The van der Waals surface area contributed by atoms with Crippen LogP contribution in [0.25, 0.3) is 0 Å². The number of aromatic nitrogens is 1. The predicted molar refractivity (Wildman–Crippen MR) is 75.0 cm³/mol. The summed E-state index contributed by atoms with van der Waals surface area (Å²) in [6, 6.07) is 9.19. The highest BCUT2D eigenvalue weighted by atomic mass is 16.5. The smallest absolute Gasteiger partial charge is 0.194 e. The SMILES string of the molecule is COc1cncc(C(=O)c2cccc(N(C)C)c2)c1. The Labute approximate surface area is 112 Å². The zero-order valence-electron chi connectivity index (χ0n) is 11.3. The first-order valence-corrected chi connectivity index (χ1v) is 5.93. The van der Waals surface area contributed by atoms with Crippen molar-refractivity contribution >= 4 is 11.5 Å². The molecule has 0 N–H and O–H groups in total. The Morgan fingerprint density at radius 3 is 2.63 bits per heavy atom. The molecule has 1 aromatic heterocycles. The van der Waals surface area contributed by atoms with Crippen LogP contribution in [0.5, 0.6) is 5.75 Å². The van der Waals surface area contributed by atoms with Gasteiger partial charge in [-0.2, -0.15) is 0 Å². The van der Waals surface area contributed by atoms with Crippen molar-refractivity contribution in [3.63, 3.8) is 0 Å². The van der Waals surface area contributed by atoms with Crippen molar-refractivity contribution in [2.75, 3.05) is 26.1 Å². The van der Waals surface area contributed by atoms with Gasteiger partial charge in [-0.15, -0.1) is 0 Å². The highest BCUT2D eigenvalue weighted by molar-refractivity contribution is 6.09. The van der Waals surface area contributed by atoms with Gasteiger partial charge in [0, 0.05) is 37.1 Å². The minimum absolute atomic E-state index is 0.0601. The van der Waals surface area contributed by atoms with E-state index in [1.165, 1.54) is 0 Å². The number of pyridine rings is 1. The average Bonchev–Trinajstić information content (AvgIpc) is 2.46. The second-order valence-electron chi connectivity index (χ2n) is 4.39. The summed E-state index contributed by atoms with van der Waals surface area (Å²) in [4.78, 5) is 18.3. The van der Waals surface area contributed by atoms with Gasteiger partial charge in [-0.3, -0.25) is 9.78 Å². The van der Waals surface area contributed by atoms with Crippen molar-refractivity contribution in [3.05, 3.63) is 53.9 Å². The summed E-state index contributed by atoms with van der Waals surface area (Å²) in [6.45, 7) is 0. The summed E-state index contributed by atoms with van der Waals surface area (Å²) in [5, 5.41) is 0. The van der Waals surface area contributed by atoms with Gasteiger partial charge in [0.2, 0.25) is 0 Å². The molecular formula is C15H16N2O2. The van der Waals surface area contributed by atoms with E-state index in [0.29, 0.717) is 16.9 Å². The Balaban J connectivity index is 2.35. The Morgan fingerprint density at radius 2 is 1.95 bits per heavy atom. The molecule has 0 atom stereocenters. The quantitative estimate of drug-likeness (QED) is 0.788. The maximum absolute atomic E-state index is 12.4. The number of ether oxygens (including phenoxy) is 1. The minimum Gasteiger partial charge on any atom is -0.495 e. The molecule has 1 aromatic carbocycles. The number of ketones is 1. The van der Waals surface area contributed by atoms with Gasteiger partial charge in [-0.05, 0) is 18.2 Å². The van der Waals surface area contributed by atoms with E-state index >= 15 is 0 Å². The van der Waals surface area contributed by atoms with Crippen LogP contribution in [0.15, 0.2) is 42.7 Å². The third-order valence-electron chi connectivity index (χ3n) is 2.84. The fourth-order valence-corrected chi connectivity index (χ4v) is 1.75. The summed E-state index contributed by atoms with van der Waals surface area (Å²) in [7, 11) is 5.44. The maximum atomic E-state index is 12.4. The zero-order chi connectivity index (χ0) is 13.8. The molecule has 98 valence electrons. The van der Waals surface area contributed by atoms with E-state index in [0.717, 1.165) is 5.69 Å². The van der Waals surface area contributed by atoms with E-state index in [9.17, 15) is 4.79 Å². The van der Waals surface area contributed by atoms with Crippen molar-refractivity contribution in [2.24, 2.45) is 0 Å². The van der Waals surface area contributed by atoms with Crippen LogP contribution in [-0.2, 0) is 0 Å². The van der Waals surface area contributed by atoms with Crippen molar-refractivity contribution in [3.8, 4) is 5.75 Å².